The summed E-state index contributed by atoms with van der Waals surface area (Å²) in [7, 11) is 0. The number of hydrogen-bond donors (Lipinski definition) is 1. The molecule has 0 aliphatic rings. The van der Waals surface area contributed by atoms with Crippen molar-refractivity contribution in [3.8, 4) is 22.8 Å². The van der Waals surface area contributed by atoms with E-state index < -0.39 is 0 Å². The highest BCUT2D eigenvalue weighted by atomic mass is 79.9. The second-order valence-electron chi connectivity index (χ2n) is 6.81. The van der Waals surface area contributed by atoms with Gasteiger partial charge in [0.2, 0.25) is 5.89 Å². The van der Waals surface area contributed by atoms with Crippen LogP contribution in [0.2, 0.25) is 5.02 Å². The van der Waals surface area contributed by atoms with Gasteiger partial charge in [-0.1, -0.05) is 51.8 Å². The molecule has 1 amide bonds. The van der Waals surface area contributed by atoms with Crippen LogP contribution < -0.4 is 5.32 Å². The van der Waals surface area contributed by atoms with E-state index >= 15 is 0 Å². The van der Waals surface area contributed by atoms with Crippen LogP contribution in [0.25, 0.3) is 33.9 Å². The first kappa shape index (κ1) is 19.6. The molecule has 0 fully saturated rings. The van der Waals surface area contributed by atoms with Gasteiger partial charge in [-0.15, -0.1) is 0 Å². The van der Waals surface area contributed by atoms with E-state index in [1.165, 1.54) is 0 Å². The van der Waals surface area contributed by atoms with Crippen molar-refractivity contribution in [2.45, 2.75) is 0 Å². The smallest absolute Gasteiger partial charge is 0.291 e. The van der Waals surface area contributed by atoms with Crippen LogP contribution in [0.15, 0.2) is 92.2 Å². The van der Waals surface area contributed by atoms with E-state index in [2.05, 4.69) is 26.2 Å². The van der Waals surface area contributed by atoms with Crippen molar-refractivity contribution in [2.24, 2.45) is 0 Å². The molecule has 2 aromatic heterocycles. The highest BCUT2D eigenvalue weighted by Crippen LogP contribution is 2.31. The van der Waals surface area contributed by atoms with Gasteiger partial charge >= 0.3 is 0 Å². The molecule has 2 heterocycles. The zero-order valence-electron chi connectivity index (χ0n) is 15.9. The number of oxazole rings is 1. The molecular weight excluding hydrogens is 480 g/mol. The number of aromatic nitrogens is 1. The predicted octanol–water partition coefficient (Wildman–Crippen LogP) is 7.42. The number of anilines is 1. The lowest BCUT2D eigenvalue weighted by Crippen LogP contribution is -2.10. The molecule has 31 heavy (non-hydrogen) atoms. The Kier molecular flexibility index (Phi) is 5.10. The fraction of sp³-hybridized carbons (Fsp3) is 0. The topological polar surface area (TPSA) is 68.3 Å². The number of carbonyl (C=O) groups excluding carboxylic acids is 1. The number of hydrogen-bond acceptors (Lipinski definition) is 4. The Labute approximate surface area is 190 Å². The lowest BCUT2D eigenvalue weighted by Gasteiger charge is -2.03. The van der Waals surface area contributed by atoms with Gasteiger partial charge in [0.15, 0.2) is 11.3 Å². The van der Waals surface area contributed by atoms with Crippen LogP contribution >= 0.6 is 27.5 Å². The summed E-state index contributed by atoms with van der Waals surface area (Å²) >= 11 is 9.64. The molecular formula is C24H14BrClN2O3. The minimum Gasteiger partial charge on any atom is -0.451 e. The Hall–Kier alpha value is -3.35. The molecule has 5 rings (SSSR count). The molecule has 0 aliphatic carbocycles. The lowest BCUT2D eigenvalue weighted by molar-refractivity contribution is 0.0997. The summed E-state index contributed by atoms with van der Waals surface area (Å²) in [6.45, 7) is 0. The highest BCUT2D eigenvalue weighted by Gasteiger charge is 2.15. The molecule has 3 aromatic carbocycles. The van der Waals surface area contributed by atoms with Gasteiger partial charge in [-0.25, -0.2) is 4.98 Å². The molecule has 0 saturated carbocycles. The Morgan fingerprint density at radius 1 is 0.935 bits per heavy atom. The second kappa shape index (κ2) is 8.06. The molecule has 0 atom stereocenters. The summed E-state index contributed by atoms with van der Waals surface area (Å²) in [5, 5.41) is 3.39. The molecule has 0 aliphatic heterocycles. The maximum absolute atomic E-state index is 12.6. The number of nitrogens with one attached hydrogen (secondary N) is 1. The number of halogens is 2. The zero-order chi connectivity index (χ0) is 21.4. The largest absolute Gasteiger partial charge is 0.451 e. The molecule has 152 valence electrons. The standard InChI is InChI=1S/C24H14BrClN2O3/c25-15-7-5-14(6-8-15)20-11-12-22(30-20)23(29)27-16-9-10-21-19(13-16)28-24(31-21)17-3-1-2-4-18(17)26/h1-13H,(H,27,29). The summed E-state index contributed by atoms with van der Waals surface area (Å²) in [5.41, 5.74) is 3.39. The van der Waals surface area contributed by atoms with Gasteiger partial charge in [0, 0.05) is 15.7 Å². The summed E-state index contributed by atoms with van der Waals surface area (Å²) in [5.74, 6) is 0.913. The van der Waals surface area contributed by atoms with Crippen LogP contribution in [0.1, 0.15) is 10.6 Å². The lowest BCUT2D eigenvalue weighted by atomic mass is 10.2. The van der Waals surface area contributed by atoms with Crippen LogP contribution in [0.5, 0.6) is 0 Å². The van der Waals surface area contributed by atoms with E-state index in [9.17, 15) is 4.79 Å². The first-order chi connectivity index (χ1) is 15.1. The van der Waals surface area contributed by atoms with Crippen molar-refractivity contribution in [2.75, 3.05) is 5.32 Å². The van der Waals surface area contributed by atoms with Gasteiger partial charge in [0.1, 0.15) is 11.3 Å². The minimum absolute atomic E-state index is 0.218. The van der Waals surface area contributed by atoms with Gasteiger partial charge in [-0.2, -0.15) is 0 Å². The van der Waals surface area contributed by atoms with E-state index in [1.54, 1.807) is 36.4 Å². The third-order valence-electron chi connectivity index (χ3n) is 4.71. The fourth-order valence-electron chi connectivity index (χ4n) is 3.18. The van der Waals surface area contributed by atoms with Crippen molar-refractivity contribution in [1.29, 1.82) is 0 Å². The van der Waals surface area contributed by atoms with Crippen LogP contribution in [0, 0.1) is 0 Å². The first-order valence-electron chi connectivity index (χ1n) is 9.39. The van der Waals surface area contributed by atoms with Crippen molar-refractivity contribution in [1.82, 2.24) is 4.98 Å². The minimum atomic E-state index is -0.350. The molecule has 5 aromatic rings. The third-order valence-corrected chi connectivity index (χ3v) is 5.57. The van der Waals surface area contributed by atoms with E-state index in [0.717, 1.165) is 10.0 Å². The molecule has 0 bridgehead atoms. The summed E-state index contributed by atoms with van der Waals surface area (Å²) in [6.07, 6.45) is 0. The van der Waals surface area contributed by atoms with Gasteiger partial charge in [0.25, 0.3) is 5.91 Å². The quantitative estimate of drug-likeness (QED) is 0.283. The summed E-state index contributed by atoms with van der Waals surface area (Å²) in [6, 6.07) is 23.7. The van der Waals surface area contributed by atoms with Gasteiger partial charge in [-0.05, 0) is 54.6 Å². The molecule has 0 unspecified atom stereocenters. The molecule has 7 heteroatoms. The molecule has 0 saturated heterocycles. The van der Waals surface area contributed by atoms with Crippen molar-refractivity contribution < 1.29 is 13.6 Å². The normalized spacial score (nSPS) is 11.0. The maximum Gasteiger partial charge on any atom is 0.291 e. The second-order valence-corrected chi connectivity index (χ2v) is 8.13. The SMILES string of the molecule is O=C(Nc1ccc2oc(-c3ccccc3Cl)nc2c1)c1ccc(-c2ccc(Br)cc2)o1. The highest BCUT2D eigenvalue weighted by molar-refractivity contribution is 9.10. The molecule has 5 nitrogen and oxygen atoms in total. The van der Waals surface area contributed by atoms with E-state index in [0.29, 0.717) is 39.0 Å². The average Bonchev–Trinajstić information content (AvgIpc) is 3.42. The molecule has 0 radical (unpaired) electrons. The summed E-state index contributed by atoms with van der Waals surface area (Å²) < 4.78 is 12.5. The number of furan rings is 1. The van der Waals surface area contributed by atoms with Crippen LogP contribution in [0.3, 0.4) is 0 Å². The molecule has 1 N–H and O–H groups in total. The number of carbonyl (C=O) groups is 1. The number of benzene rings is 3. The van der Waals surface area contributed by atoms with E-state index in [-0.39, 0.29) is 11.7 Å². The van der Waals surface area contributed by atoms with E-state index in [4.69, 9.17) is 20.4 Å². The van der Waals surface area contributed by atoms with Gasteiger partial charge in [0.05, 0.1) is 10.6 Å². The Morgan fingerprint density at radius 3 is 2.55 bits per heavy atom. The Bertz CT molecular complexity index is 1410. The van der Waals surface area contributed by atoms with Crippen LogP contribution in [-0.2, 0) is 0 Å². The van der Waals surface area contributed by atoms with Gasteiger partial charge in [-0.3, -0.25) is 4.79 Å². The van der Waals surface area contributed by atoms with Crippen LogP contribution in [-0.4, -0.2) is 10.9 Å². The Balaban J connectivity index is 1.37. The first-order valence-corrected chi connectivity index (χ1v) is 10.6. The van der Waals surface area contributed by atoms with Crippen molar-refractivity contribution >= 4 is 50.2 Å². The van der Waals surface area contributed by atoms with Crippen molar-refractivity contribution in [3.63, 3.8) is 0 Å². The zero-order valence-corrected chi connectivity index (χ0v) is 18.3. The van der Waals surface area contributed by atoms with Gasteiger partial charge < -0.3 is 14.2 Å². The van der Waals surface area contributed by atoms with Crippen LogP contribution in [0.4, 0.5) is 5.69 Å². The maximum atomic E-state index is 12.6. The third kappa shape index (κ3) is 4.00. The monoisotopic (exact) mass is 492 g/mol. The van der Waals surface area contributed by atoms with E-state index in [1.807, 2.05) is 42.5 Å². The predicted molar refractivity (Wildman–Crippen MR) is 124 cm³/mol. The molecule has 0 spiro atoms. The number of nitrogens with zero attached hydrogens (tertiary/aromatic N) is 1. The average molecular weight is 494 g/mol. The number of fused-ring (bicyclic) bond motifs is 1. The summed E-state index contributed by atoms with van der Waals surface area (Å²) in [4.78, 5) is 17.2. The number of rotatable bonds is 4. The number of amides is 1. The fourth-order valence-corrected chi connectivity index (χ4v) is 3.66. The van der Waals surface area contributed by atoms with Crippen molar-refractivity contribution in [3.05, 3.63) is 94.1 Å². The Morgan fingerprint density at radius 2 is 1.74 bits per heavy atom.